The highest BCUT2D eigenvalue weighted by atomic mass is 14.7. The van der Waals surface area contributed by atoms with E-state index in [9.17, 15) is 0 Å². The number of hydrogen-bond acceptors (Lipinski definition) is 1. The number of rotatable bonds is 0. The molecule has 4 rings (SSSR count). The Balaban J connectivity index is 2.07. The first-order chi connectivity index (χ1) is 8.90. The average Bonchev–Trinajstić information content (AvgIpc) is 2.44. The van der Waals surface area contributed by atoms with Gasteiger partial charge in [-0.3, -0.25) is 4.98 Å². The van der Waals surface area contributed by atoms with Gasteiger partial charge in [0.05, 0.1) is 5.69 Å². The topological polar surface area (TPSA) is 12.9 Å². The molecule has 1 aromatic heterocycles. The minimum absolute atomic E-state index is 0.0412. The van der Waals surface area contributed by atoms with Gasteiger partial charge in [0.1, 0.15) is 0 Å². The Hall–Kier alpha value is -2.15. The molecule has 86 valence electrons. The molecule has 1 spiro atoms. The summed E-state index contributed by atoms with van der Waals surface area (Å²) < 4.78 is 0. The van der Waals surface area contributed by atoms with E-state index < -0.39 is 0 Å². The van der Waals surface area contributed by atoms with Crippen molar-refractivity contribution in [2.45, 2.75) is 6.42 Å². The summed E-state index contributed by atoms with van der Waals surface area (Å²) >= 11 is 0. The summed E-state index contributed by atoms with van der Waals surface area (Å²) in [7, 11) is 0. The lowest BCUT2D eigenvalue weighted by atomic mass is 9.63. The zero-order chi connectivity index (χ0) is 12.0. The second-order valence-electron chi connectivity index (χ2n) is 4.94. The van der Waals surface area contributed by atoms with Crippen LogP contribution in [0.2, 0.25) is 0 Å². The van der Waals surface area contributed by atoms with Crippen molar-refractivity contribution in [2.75, 3.05) is 0 Å². The summed E-state index contributed by atoms with van der Waals surface area (Å²) in [4.78, 5) is 4.50. The summed E-state index contributed by atoms with van der Waals surface area (Å²) in [5, 5.41) is 0. The zero-order valence-electron chi connectivity index (χ0n) is 10.0. The zero-order valence-corrected chi connectivity index (χ0v) is 10.0. The average molecular weight is 231 g/mol. The maximum atomic E-state index is 4.50. The summed E-state index contributed by atoms with van der Waals surface area (Å²) in [6, 6.07) is 4.20. The molecule has 1 unspecified atom stereocenters. The fraction of sp³-hybridized carbons (Fsp3) is 0.118. The van der Waals surface area contributed by atoms with E-state index in [0.29, 0.717) is 0 Å². The van der Waals surface area contributed by atoms with Gasteiger partial charge in [-0.05, 0) is 29.7 Å². The van der Waals surface area contributed by atoms with Crippen LogP contribution in [0.3, 0.4) is 0 Å². The summed E-state index contributed by atoms with van der Waals surface area (Å²) in [5.74, 6) is 0. The molecule has 1 heteroatoms. The predicted octanol–water partition coefficient (Wildman–Crippen LogP) is 3.93. The van der Waals surface area contributed by atoms with E-state index in [2.05, 4.69) is 59.7 Å². The lowest BCUT2D eigenvalue weighted by Gasteiger charge is -2.40. The molecule has 0 aromatic carbocycles. The molecule has 0 saturated heterocycles. The van der Waals surface area contributed by atoms with Crippen molar-refractivity contribution in [1.29, 1.82) is 0 Å². The predicted molar refractivity (Wildman–Crippen MR) is 74.7 cm³/mol. The first kappa shape index (κ1) is 9.84. The van der Waals surface area contributed by atoms with E-state index >= 15 is 0 Å². The van der Waals surface area contributed by atoms with Crippen molar-refractivity contribution in [3.63, 3.8) is 0 Å². The van der Waals surface area contributed by atoms with Gasteiger partial charge in [0, 0.05) is 17.2 Å². The largest absolute Gasteiger partial charge is 0.256 e. The number of nitrogens with zero attached hydrogens (tertiary/aromatic N) is 1. The Morgan fingerprint density at radius 1 is 1.17 bits per heavy atom. The van der Waals surface area contributed by atoms with Gasteiger partial charge in [-0.1, -0.05) is 48.6 Å². The molecule has 18 heavy (non-hydrogen) atoms. The fourth-order valence-electron chi connectivity index (χ4n) is 3.15. The van der Waals surface area contributed by atoms with E-state index in [1.54, 1.807) is 0 Å². The van der Waals surface area contributed by atoms with Crippen LogP contribution in [0, 0.1) is 5.41 Å². The first-order valence-corrected chi connectivity index (χ1v) is 6.31. The lowest BCUT2D eigenvalue weighted by Crippen LogP contribution is -2.27. The Morgan fingerprint density at radius 3 is 3.17 bits per heavy atom. The molecule has 1 nitrogen and oxygen atoms in total. The smallest absolute Gasteiger partial charge is 0.0708 e. The monoisotopic (exact) mass is 231 g/mol. The van der Waals surface area contributed by atoms with Gasteiger partial charge in [0.25, 0.3) is 0 Å². The third kappa shape index (κ3) is 1.14. The summed E-state index contributed by atoms with van der Waals surface area (Å²) in [6.07, 6.45) is 20.6. The number of fused-ring (bicyclic) bond motifs is 2. The van der Waals surface area contributed by atoms with Gasteiger partial charge in [-0.15, -0.1) is 0 Å². The molecule has 0 saturated carbocycles. The number of hydrogen-bond donors (Lipinski definition) is 0. The second kappa shape index (κ2) is 3.42. The Bertz CT molecular complexity index is 671. The molecule has 0 fully saturated rings. The van der Waals surface area contributed by atoms with Crippen LogP contribution in [-0.4, -0.2) is 4.98 Å². The quantitative estimate of drug-likeness (QED) is 0.659. The van der Waals surface area contributed by atoms with Gasteiger partial charge in [0.2, 0.25) is 0 Å². The van der Waals surface area contributed by atoms with Crippen LogP contribution >= 0.6 is 0 Å². The number of pyridine rings is 1. The molecule has 0 bridgehead atoms. The standard InChI is InChI=1S/C17H13N/c1-3-9-17-10-4-2-8-15(17)14-7-5-11-18-16(14)12-13(17)6-1/h1-9,11-12H,10H2. The minimum atomic E-state index is 0.0412. The minimum Gasteiger partial charge on any atom is -0.256 e. The van der Waals surface area contributed by atoms with Crippen LogP contribution in [-0.2, 0) is 0 Å². The molecule has 1 heterocycles. The molecule has 0 aliphatic heterocycles. The Kier molecular flexibility index (Phi) is 1.87. The molecule has 0 amide bonds. The second-order valence-corrected chi connectivity index (χ2v) is 4.94. The third-order valence-electron chi connectivity index (χ3n) is 4.02. The molecule has 0 N–H and O–H groups in total. The van der Waals surface area contributed by atoms with Crippen LogP contribution in [0.5, 0.6) is 0 Å². The van der Waals surface area contributed by atoms with Crippen LogP contribution < -0.4 is 0 Å². The van der Waals surface area contributed by atoms with Gasteiger partial charge >= 0.3 is 0 Å². The summed E-state index contributed by atoms with van der Waals surface area (Å²) in [5.41, 5.74) is 5.13. The maximum absolute atomic E-state index is 4.50. The number of aromatic nitrogens is 1. The molecule has 1 aromatic rings. The van der Waals surface area contributed by atoms with Crippen molar-refractivity contribution in [3.05, 3.63) is 77.7 Å². The molecular formula is C17H13N. The van der Waals surface area contributed by atoms with E-state index in [-0.39, 0.29) is 5.41 Å². The molecule has 3 aliphatic carbocycles. The molecule has 1 atom stereocenters. The van der Waals surface area contributed by atoms with E-state index in [4.69, 9.17) is 0 Å². The van der Waals surface area contributed by atoms with Gasteiger partial charge < -0.3 is 0 Å². The van der Waals surface area contributed by atoms with Gasteiger partial charge in [-0.2, -0.15) is 0 Å². The fourth-order valence-corrected chi connectivity index (χ4v) is 3.15. The van der Waals surface area contributed by atoms with Crippen molar-refractivity contribution >= 4 is 11.6 Å². The highest BCUT2D eigenvalue weighted by molar-refractivity contribution is 5.89. The van der Waals surface area contributed by atoms with Crippen molar-refractivity contribution in [3.8, 4) is 0 Å². The lowest BCUT2D eigenvalue weighted by molar-refractivity contribution is 0.622. The van der Waals surface area contributed by atoms with Crippen LogP contribution in [0.15, 0.2) is 66.4 Å². The first-order valence-electron chi connectivity index (χ1n) is 6.31. The highest BCUT2D eigenvalue weighted by Gasteiger charge is 2.39. The summed E-state index contributed by atoms with van der Waals surface area (Å²) in [6.45, 7) is 0. The van der Waals surface area contributed by atoms with Gasteiger partial charge in [-0.25, -0.2) is 0 Å². The van der Waals surface area contributed by atoms with E-state index in [0.717, 1.165) is 12.1 Å². The van der Waals surface area contributed by atoms with E-state index in [1.165, 1.54) is 16.7 Å². The Morgan fingerprint density at radius 2 is 2.17 bits per heavy atom. The van der Waals surface area contributed by atoms with Crippen molar-refractivity contribution < 1.29 is 0 Å². The maximum Gasteiger partial charge on any atom is 0.0708 e. The van der Waals surface area contributed by atoms with Crippen LogP contribution in [0.25, 0.3) is 11.6 Å². The SMILES string of the molecule is C1=CCC23C=CC=CC2=Cc2ncccc2C3=C1. The van der Waals surface area contributed by atoms with E-state index in [1.807, 2.05) is 12.3 Å². The molecule has 3 aliphatic rings. The highest BCUT2D eigenvalue weighted by Crippen LogP contribution is 2.53. The van der Waals surface area contributed by atoms with Gasteiger partial charge in [0.15, 0.2) is 0 Å². The van der Waals surface area contributed by atoms with Crippen molar-refractivity contribution in [1.82, 2.24) is 4.98 Å². The normalized spacial score (nSPS) is 26.9. The van der Waals surface area contributed by atoms with Crippen LogP contribution in [0.1, 0.15) is 17.7 Å². The van der Waals surface area contributed by atoms with Crippen LogP contribution in [0.4, 0.5) is 0 Å². The molecular weight excluding hydrogens is 218 g/mol. The van der Waals surface area contributed by atoms with Crippen molar-refractivity contribution in [2.24, 2.45) is 5.41 Å². The molecule has 0 radical (unpaired) electrons. The Labute approximate surface area is 107 Å². The third-order valence-corrected chi connectivity index (χ3v) is 4.02. The number of allylic oxidation sites excluding steroid dienone is 9.